The molecule has 2 aromatic rings. The molecule has 5 nitrogen and oxygen atoms in total. The number of nitrogens with one attached hydrogen (secondary N) is 1. The highest BCUT2D eigenvalue weighted by atomic mass is 32.1. The van der Waals surface area contributed by atoms with Gasteiger partial charge in [0.25, 0.3) is 0 Å². The van der Waals surface area contributed by atoms with E-state index >= 15 is 0 Å². The second-order valence-electron chi connectivity index (χ2n) is 7.14. The summed E-state index contributed by atoms with van der Waals surface area (Å²) >= 11 is 1.46. The molecule has 1 aliphatic rings. The van der Waals surface area contributed by atoms with Crippen molar-refractivity contribution >= 4 is 34.7 Å². The minimum Gasteiger partial charge on any atom is -0.453 e. The second kappa shape index (κ2) is 8.48. The quantitative estimate of drug-likeness (QED) is 0.571. The Morgan fingerprint density at radius 1 is 1.15 bits per heavy atom. The molecule has 27 heavy (non-hydrogen) atoms. The normalized spacial score (nSPS) is 12.7. The molecule has 6 heteroatoms. The number of rotatable bonds is 7. The Morgan fingerprint density at radius 3 is 2.56 bits per heavy atom. The number of amides is 1. The van der Waals surface area contributed by atoms with E-state index < -0.39 is 5.97 Å². The van der Waals surface area contributed by atoms with Gasteiger partial charge in [0.1, 0.15) is 4.88 Å². The van der Waals surface area contributed by atoms with Crippen molar-refractivity contribution in [3.63, 3.8) is 0 Å². The van der Waals surface area contributed by atoms with Gasteiger partial charge in [0.05, 0.1) is 0 Å². The van der Waals surface area contributed by atoms with Crippen molar-refractivity contribution in [3.8, 4) is 0 Å². The average Bonchev–Trinajstić information content (AvgIpc) is 3.21. The maximum absolute atomic E-state index is 12.2. The van der Waals surface area contributed by atoms with Crippen LogP contribution in [-0.2, 0) is 22.4 Å². The number of carbonyl (C=O) groups is 3. The lowest BCUT2D eigenvalue weighted by Crippen LogP contribution is -2.15. The van der Waals surface area contributed by atoms with Crippen LogP contribution < -0.4 is 5.32 Å². The van der Waals surface area contributed by atoms with Gasteiger partial charge in [-0.1, -0.05) is 13.8 Å². The van der Waals surface area contributed by atoms with Gasteiger partial charge >= 0.3 is 5.97 Å². The monoisotopic (exact) mass is 385 g/mol. The number of hydrogen-bond donors (Lipinski definition) is 1. The number of aryl methyl sites for hydroxylation is 2. The maximum atomic E-state index is 12.2. The van der Waals surface area contributed by atoms with Crippen molar-refractivity contribution in [1.29, 1.82) is 0 Å². The summed E-state index contributed by atoms with van der Waals surface area (Å²) in [5, 5.41) is 2.80. The molecule has 3 rings (SSSR count). The lowest BCUT2D eigenvalue weighted by atomic mass is 10.1. The summed E-state index contributed by atoms with van der Waals surface area (Å²) in [6.07, 6.45) is 3.62. The SMILES string of the molecule is CC(C)CC(=O)Nc1ccc(C(=O)COC(=O)c2cc3c(s2)CCC3)cc1. The summed E-state index contributed by atoms with van der Waals surface area (Å²) in [4.78, 5) is 38.0. The van der Waals surface area contributed by atoms with E-state index in [-0.39, 0.29) is 24.2 Å². The summed E-state index contributed by atoms with van der Waals surface area (Å²) in [6.45, 7) is 3.67. The molecule has 1 N–H and O–H groups in total. The fourth-order valence-corrected chi connectivity index (χ4v) is 4.18. The highest BCUT2D eigenvalue weighted by Crippen LogP contribution is 2.30. The van der Waals surface area contributed by atoms with E-state index in [0.29, 0.717) is 22.5 Å². The van der Waals surface area contributed by atoms with E-state index in [1.54, 1.807) is 24.3 Å². The molecule has 1 heterocycles. The number of carbonyl (C=O) groups excluding carboxylic acids is 3. The van der Waals surface area contributed by atoms with E-state index in [0.717, 1.165) is 19.3 Å². The van der Waals surface area contributed by atoms with Crippen molar-refractivity contribution in [2.24, 2.45) is 5.92 Å². The maximum Gasteiger partial charge on any atom is 0.348 e. The molecule has 0 aliphatic heterocycles. The van der Waals surface area contributed by atoms with Crippen LogP contribution in [0.25, 0.3) is 0 Å². The van der Waals surface area contributed by atoms with Crippen molar-refractivity contribution in [3.05, 3.63) is 51.2 Å². The zero-order valence-corrected chi connectivity index (χ0v) is 16.4. The Labute approximate surface area is 162 Å². The molecule has 1 amide bonds. The molecular formula is C21H23NO4S. The number of hydrogen-bond acceptors (Lipinski definition) is 5. The Morgan fingerprint density at radius 2 is 1.89 bits per heavy atom. The Balaban J connectivity index is 1.51. The fourth-order valence-electron chi connectivity index (χ4n) is 3.04. The molecule has 0 fully saturated rings. The molecule has 1 aromatic carbocycles. The molecule has 0 saturated heterocycles. The number of benzene rings is 1. The first-order chi connectivity index (χ1) is 12.9. The zero-order valence-electron chi connectivity index (χ0n) is 15.5. The molecule has 0 saturated carbocycles. The van der Waals surface area contributed by atoms with E-state index in [2.05, 4.69) is 5.32 Å². The number of ketones is 1. The van der Waals surface area contributed by atoms with E-state index in [9.17, 15) is 14.4 Å². The second-order valence-corrected chi connectivity index (χ2v) is 8.27. The highest BCUT2D eigenvalue weighted by Gasteiger charge is 2.20. The largest absolute Gasteiger partial charge is 0.453 e. The highest BCUT2D eigenvalue weighted by molar-refractivity contribution is 7.14. The third kappa shape index (κ3) is 5.04. The molecule has 0 atom stereocenters. The Hall–Kier alpha value is -2.47. The number of thiophene rings is 1. The van der Waals surface area contributed by atoms with Gasteiger partial charge < -0.3 is 10.1 Å². The van der Waals surface area contributed by atoms with Gasteiger partial charge in [-0.05, 0) is 61.1 Å². The third-order valence-electron chi connectivity index (χ3n) is 4.37. The first-order valence-electron chi connectivity index (χ1n) is 9.14. The molecule has 0 radical (unpaired) electrons. The molecule has 142 valence electrons. The lowest BCUT2D eigenvalue weighted by molar-refractivity contribution is -0.116. The van der Waals surface area contributed by atoms with Gasteiger partial charge in [-0.3, -0.25) is 9.59 Å². The minimum absolute atomic E-state index is 0.0548. The van der Waals surface area contributed by atoms with Gasteiger partial charge in [-0.2, -0.15) is 0 Å². The molecule has 1 aromatic heterocycles. The summed E-state index contributed by atoms with van der Waals surface area (Å²) in [5.74, 6) is -0.487. The van der Waals surface area contributed by atoms with Crippen LogP contribution in [0, 0.1) is 5.92 Å². The topological polar surface area (TPSA) is 72.5 Å². The van der Waals surface area contributed by atoms with Crippen LogP contribution in [0.2, 0.25) is 0 Å². The Bertz CT molecular complexity index is 830. The van der Waals surface area contributed by atoms with Crippen LogP contribution in [0.15, 0.2) is 30.3 Å². The number of ether oxygens (including phenoxy) is 1. The number of Topliss-reactive ketones (excluding diaryl/α,β-unsaturated/α-hetero) is 1. The summed E-state index contributed by atoms with van der Waals surface area (Å²) in [6, 6.07) is 8.49. The number of fused-ring (bicyclic) bond motifs is 1. The minimum atomic E-state index is -0.444. The van der Waals surface area contributed by atoms with Crippen LogP contribution in [0.1, 0.15) is 57.2 Å². The third-order valence-corrected chi connectivity index (χ3v) is 5.58. The molecule has 1 aliphatic carbocycles. The van der Waals surface area contributed by atoms with Crippen molar-refractivity contribution in [1.82, 2.24) is 0 Å². The molecule has 0 unspecified atom stereocenters. The first kappa shape index (κ1) is 19.3. The van der Waals surface area contributed by atoms with Gasteiger partial charge in [0.15, 0.2) is 12.4 Å². The van der Waals surface area contributed by atoms with Gasteiger partial charge in [-0.15, -0.1) is 11.3 Å². The van der Waals surface area contributed by atoms with Crippen LogP contribution in [-0.4, -0.2) is 24.3 Å². The Kier molecular flexibility index (Phi) is 6.06. The standard InChI is InChI=1S/C21H23NO4S/c1-13(2)10-20(24)22-16-8-6-14(7-9-16)17(23)12-26-21(25)19-11-15-4-3-5-18(15)27-19/h6-9,11,13H,3-5,10,12H2,1-2H3,(H,22,24). The van der Waals surface area contributed by atoms with Crippen LogP contribution in [0.5, 0.6) is 0 Å². The van der Waals surface area contributed by atoms with E-state index in [4.69, 9.17) is 4.74 Å². The molecule has 0 spiro atoms. The van der Waals surface area contributed by atoms with Gasteiger partial charge in [0, 0.05) is 22.5 Å². The van der Waals surface area contributed by atoms with Crippen LogP contribution in [0.4, 0.5) is 5.69 Å². The van der Waals surface area contributed by atoms with E-state index in [1.165, 1.54) is 21.8 Å². The lowest BCUT2D eigenvalue weighted by Gasteiger charge is -2.08. The van der Waals surface area contributed by atoms with Crippen LogP contribution >= 0.6 is 11.3 Å². The van der Waals surface area contributed by atoms with Crippen molar-refractivity contribution in [2.45, 2.75) is 39.5 Å². The summed E-state index contributed by atoms with van der Waals surface area (Å²) < 4.78 is 5.17. The van der Waals surface area contributed by atoms with Gasteiger partial charge in [-0.25, -0.2) is 4.79 Å². The summed E-state index contributed by atoms with van der Waals surface area (Å²) in [5.41, 5.74) is 2.31. The number of anilines is 1. The van der Waals surface area contributed by atoms with Gasteiger partial charge in [0.2, 0.25) is 5.91 Å². The fraction of sp³-hybridized carbons (Fsp3) is 0.381. The van der Waals surface area contributed by atoms with Crippen LogP contribution in [0.3, 0.4) is 0 Å². The van der Waals surface area contributed by atoms with Crippen molar-refractivity contribution in [2.75, 3.05) is 11.9 Å². The predicted octanol–water partition coefficient (Wildman–Crippen LogP) is 4.26. The smallest absolute Gasteiger partial charge is 0.348 e. The van der Waals surface area contributed by atoms with E-state index in [1.807, 2.05) is 19.9 Å². The summed E-state index contributed by atoms with van der Waals surface area (Å²) in [7, 11) is 0. The number of esters is 1. The molecular weight excluding hydrogens is 362 g/mol. The first-order valence-corrected chi connectivity index (χ1v) is 9.96. The zero-order chi connectivity index (χ0) is 19.4. The molecule has 0 bridgehead atoms. The average molecular weight is 385 g/mol. The predicted molar refractivity (Wildman–Crippen MR) is 105 cm³/mol. The van der Waals surface area contributed by atoms with Crippen molar-refractivity contribution < 1.29 is 19.1 Å².